The maximum atomic E-state index is 13.6. The van der Waals surface area contributed by atoms with Gasteiger partial charge in [-0.2, -0.15) is 0 Å². The summed E-state index contributed by atoms with van der Waals surface area (Å²) in [6.07, 6.45) is 1.04. The summed E-state index contributed by atoms with van der Waals surface area (Å²) < 4.78 is 37.2. The molecule has 0 heterocycles. The van der Waals surface area contributed by atoms with E-state index in [1.54, 1.807) is 56.5 Å². The van der Waals surface area contributed by atoms with Gasteiger partial charge in [-0.15, -0.1) is 0 Å². The molecule has 9 nitrogen and oxygen atoms in total. The van der Waals surface area contributed by atoms with E-state index < -0.39 is 28.5 Å². The number of methoxy groups -OCH3 is 2. The molecule has 0 saturated carbocycles. The van der Waals surface area contributed by atoms with Crippen LogP contribution >= 0.6 is 0 Å². The van der Waals surface area contributed by atoms with Crippen LogP contribution in [0.5, 0.6) is 11.5 Å². The maximum Gasteiger partial charge on any atom is 0.244 e. The van der Waals surface area contributed by atoms with Crippen molar-refractivity contribution < 1.29 is 27.5 Å². The van der Waals surface area contributed by atoms with Gasteiger partial charge in [-0.05, 0) is 55.2 Å². The van der Waals surface area contributed by atoms with Gasteiger partial charge >= 0.3 is 0 Å². The number of nitrogens with zero attached hydrogens (tertiary/aromatic N) is 2. The van der Waals surface area contributed by atoms with Crippen molar-refractivity contribution in [2.75, 3.05) is 37.9 Å². The van der Waals surface area contributed by atoms with Gasteiger partial charge < -0.3 is 19.7 Å². The lowest BCUT2D eigenvalue weighted by Crippen LogP contribution is -2.51. The first-order chi connectivity index (χ1) is 16.9. The molecule has 0 spiro atoms. The molecule has 2 rings (SSSR count). The summed E-state index contributed by atoms with van der Waals surface area (Å²) in [7, 11) is -0.858. The van der Waals surface area contributed by atoms with Crippen LogP contribution in [0, 0.1) is 12.8 Å². The topological polar surface area (TPSA) is 105 Å². The highest BCUT2D eigenvalue weighted by Gasteiger charge is 2.31. The standard InChI is InChI=1S/C26H37N3O6S/c1-18(2)15-27-26(31)20(4)28(16-21-9-11-22(34-5)12-10-21)25(30)17-29(36(7,32)33)23-14-19(3)8-13-24(23)35-6/h8-14,18,20H,15-17H2,1-7H3,(H,27,31)/t20-/m0/s1. The molecule has 0 saturated heterocycles. The van der Waals surface area contributed by atoms with E-state index in [4.69, 9.17) is 9.47 Å². The van der Waals surface area contributed by atoms with Crippen molar-refractivity contribution in [2.45, 2.75) is 40.3 Å². The van der Waals surface area contributed by atoms with E-state index in [9.17, 15) is 18.0 Å². The van der Waals surface area contributed by atoms with Gasteiger partial charge in [-0.25, -0.2) is 8.42 Å². The Morgan fingerprint density at radius 3 is 2.17 bits per heavy atom. The van der Waals surface area contributed by atoms with Crippen molar-refractivity contribution >= 4 is 27.5 Å². The molecule has 0 aliphatic heterocycles. The molecule has 0 aliphatic carbocycles. The maximum absolute atomic E-state index is 13.6. The van der Waals surface area contributed by atoms with E-state index in [1.165, 1.54) is 12.0 Å². The molecule has 2 aromatic carbocycles. The summed E-state index contributed by atoms with van der Waals surface area (Å²) in [5.41, 5.74) is 1.84. The van der Waals surface area contributed by atoms with Crippen LogP contribution in [0.3, 0.4) is 0 Å². The lowest BCUT2D eigenvalue weighted by atomic mass is 10.1. The molecule has 1 atom stereocenters. The first-order valence-corrected chi connectivity index (χ1v) is 13.5. The van der Waals surface area contributed by atoms with Gasteiger partial charge in [-0.1, -0.05) is 32.0 Å². The van der Waals surface area contributed by atoms with E-state index in [2.05, 4.69) is 5.32 Å². The number of ether oxygens (including phenoxy) is 2. The van der Waals surface area contributed by atoms with Crippen LogP contribution in [0.1, 0.15) is 31.9 Å². The highest BCUT2D eigenvalue weighted by molar-refractivity contribution is 7.92. The number of anilines is 1. The number of hydrogen-bond acceptors (Lipinski definition) is 6. The molecule has 1 N–H and O–H groups in total. The average Bonchev–Trinajstić information content (AvgIpc) is 2.83. The van der Waals surface area contributed by atoms with Gasteiger partial charge in [-0.3, -0.25) is 13.9 Å². The minimum atomic E-state index is -3.86. The van der Waals surface area contributed by atoms with Crippen molar-refractivity contribution in [3.8, 4) is 11.5 Å². The summed E-state index contributed by atoms with van der Waals surface area (Å²) in [4.78, 5) is 27.9. The molecule has 0 unspecified atom stereocenters. The summed E-state index contributed by atoms with van der Waals surface area (Å²) in [5, 5.41) is 2.86. The predicted octanol–water partition coefficient (Wildman–Crippen LogP) is 2.97. The molecular formula is C26H37N3O6S. The zero-order chi connectivity index (χ0) is 27.0. The first-order valence-electron chi connectivity index (χ1n) is 11.7. The van der Waals surface area contributed by atoms with Crippen LogP contribution in [0.4, 0.5) is 5.69 Å². The second kappa shape index (κ2) is 12.6. The minimum absolute atomic E-state index is 0.113. The van der Waals surface area contributed by atoms with Crippen LogP contribution in [-0.4, -0.2) is 64.7 Å². The molecular weight excluding hydrogens is 482 g/mol. The van der Waals surface area contributed by atoms with Crippen molar-refractivity contribution in [3.63, 3.8) is 0 Å². The second-order valence-corrected chi connectivity index (χ2v) is 11.0. The number of hydrogen-bond donors (Lipinski definition) is 1. The Bertz CT molecular complexity index is 1150. The van der Waals surface area contributed by atoms with E-state index in [0.29, 0.717) is 18.0 Å². The molecule has 0 fully saturated rings. The lowest BCUT2D eigenvalue weighted by molar-refractivity contribution is -0.139. The molecule has 0 aliphatic rings. The largest absolute Gasteiger partial charge is 0.497 e. The Hall–Kier alpha value is -3.27. The number of aryl methyl sites for hydroxylation is 1. The Labute approximate surface area is 214 Å². The fourth-order valence-electron chi connectivity index (χ4n) is 3.55. The second-order valence-electron chi connectivity index (χ2n) is 9.13. The monoisotopic (exact) mass is 519 g/mol. The van der Waals surface area contributed by atoms with Gasteiger partial charge in [0.2, 0.25) is 21.8 Å². The van der Waals surface area contributed by atoms with Crippen molar-refractivity contribution in [1.82, 2.24) is 10.2 Å². The van der Waals surface area contributed by atoms with Crippen LogP contribution < -0.4 is 19.1 Å². The molecule has 2 aromatic rings. The quantitative estimate of drug-likeness (QED) is 0.462. The summed E-state index contributed by atoms with van der Waals surface area (Å²) in [5.74, 6) is 0.385. The Balaban J connectivity index is 2.43. The Morgan fingerprint density at radius 1 is 1.00 bits per heavy atom. The summed E-state index contributed by atoms with van der Waals surface area (Å²) >= 11 is 0. The first kappa shape index (κ1) is 29.0. The van der Waals surface area contributed by atoms with Crippen molar-refractivity contribution in [1.29, 1.82) is 0 Å². The Kier molecular flexibility index (Phi) is 10.2. The molecule has 0 aromatic heterocycles. The number of carbonyl (C=O) groups excluding carboxylic acids is 2. The van der Waals surface area contributed by atoms with Gasteiger partial charge in [0.25, 0.3) is 0 Å². The number of carbonyl (C=O) groups is 2. The van der Waals surface area contributed by atoms with E-state index in [1.807, 2.05) is 20.8 Å². The highest BCUT2D eigenvalue weighted by atomic mass is 32.2. The van der Waals surface area contributed by atoms with E-state index in [0.717, 1.165) is 21.7 Å². The van der Waals surface area contributed by atoms with Crippen LogP contribution in [0.15, 0.2) is 42.5 Å². The zero-order valence-corrected chi connectivity index (χ0v) is 22.9. The van der Waals surface area contributed by atoms with Crippen LogP contribution in [0.2, 0.25) is 0 Å². The van der Waals surface area contributed by atoms with Crippen molar-refractivity contribution in [3.05, 3.63) is 53.6 Å². The number of rotatable bonds is 12. The normalized spacial score (nSPS) is 12.1. The van der Waals surface area contributed by atoms with Gasteiger partial charge in [0.1, 0.15) is 24.1 Å². The third-order valence-corrected chi connectivity index (χ3v) is 6.77. The van der Waals surface area contributed by atoms with Gasteiger partial charge in [0.15, 0.2) is 0 Å². The third kappa shape index (κ3) is 7.87. The number of amides is 2. The predicted molar refractivity (Wildman–Crippen MR) is 141 cm³/mol. The fourth-order valence-corrected chi connectivity index (χ4v) is 4.40. The third-order valence-electron chi connectivity index (χ3n) is 5.65. The number of benzene rings is 2. The molecule has 0 bridgehead atoms. The molecule has 10 heteroatoms. The molecule has 198 valence electrons. The Morgan fingerprint density at radius 2 is 1.64 bits per heavy atom. The van der Waals surface area contributed by atoms with Crippen molar-refractivity contribution in [2.24, 2.45) is 5.92 Å². The molecule has 2 amide bonds. The lowest BCUT2D eigenvalue weighted by Gasteiger charge is -2.32. The van der Waals surface area contributed by atoms with Crippen LogP contribution in [0.25, 0.3) is 0 Å². The summed E-state index contributed by atoms with van der Waals surface area (Å²) in [6.45, 7) is 7.49. The smallest absolute Gasteiger partial charge is 0.244 e. The summed E-state index contributed by atoms with van der Waals surface area (Å²) in [6, 6.07) is 11.4. The number of sulfonamides is 1. The fraction of sp³-hybridized carbons (Fsp3) is 0.462. The van der Waals surface area contributed by atoms with Gasteiger partial charge in [0.05, 0.1) is 26.2 Å². The van der Waals surface area contributed by atoms with Gasteiger partial charge in [0, 0.05) is 13.1 Å². The van der Waals surface area contributed by atoms with E-state index in [-0.39, 0.29) is 24.1 Å². The highest BCUT2D eigenvalue weighted by Crippen LogP contribution is 2.31. The molecule has 36 heavy (non-hydrogen) atoms. The SMILES string of the molecule is COc1ccc(CN(C(=O)CN(c2cc(C)ccc2OC)S(C)(=O)=O)[C@@H](C)C(=O)NCC(C)C)cc1. The minimum Gasteiger partial charge on any atom is -0.497 e. The average molecular weight is 520 g/mol. The molecule has 0 radical (unpaired) electrons. The zero-order valence-electron chi connectivity index (χ0n) is 22.1. The van der Waals surface area contributed by atoms with E-state index >= 15 is 0 Å². The van der Waals surface area contributed by atoms with Crippen LogP contribution in [-0.2, 0) is 26.2 Å². The number of nitrogens with one attached hydrogen (secondary N) is 1.